The van der Waals surface area contributed by atoms with Crippen molar-refractivity contribution in [3.8, 4) is 11.3 Å². The van der Waals surface area contributed by atoms with E-state index in [9.17, 15) is 0 Å². The number of nitrogen functional groups attached to an aromatic ring is 1. The maximum absolute atomic E-state index is 8.56. The van der Waals surface area contributed by atoms with E-state index in [1.807, 2.05) is 44.2 Å². The van der Waals surface area contributed by atoms with Crippen LogP contribution in [0.5, 0.6) is 0 Å². The van der Waals surface area contributed by atoms with Gasteiger partial charge in [-0.3, -0.25) is 15.4 Å². The van der Waals surface area contributed by atoms with Gasteiger partial charge in [0.1, 0.15) is 5.82 Å². The highest BCUT2D eigenvalue weighted by Crippen LogP contribution is 2.23. The smallest absolute Gasteiger partial charge is 0.129 e. The first-order chi connectivity index (χ1) is 12.1. The molecule has 0 saturated carbocycles. The molecule has 3 heterocycles. The lowest BCUT2D eigenvalue weighted by Crippen LogP contribution is -2.11. The number of anilines is 2. The molecule has 0 unspecified atom stereocenters. The monoisotopic (exact) mass is 332 g/mol. The standard InChI is InChI=1S/C19H20N6/c1-3-23-19-12(2)6-7-16(25-19)18(21)14-9-17(24-11-15(14)20)13-5-4-8-22-10-13/h4-11,21H,3,20H2,1-2H3,(H,23,25). The second-order valence-electron chi connectivity index (χ2n) is 5.67. The predicted molar refractivity (Wildman–Crippen MR) is 101 cm³/mol. The third-order valence-corrected chi connectivity index (χ3v) is 3.86. The Morgan fingerprint density at radius 3 is 2.80 bits per heavy atom. The van der Waals surface area contributed by atoms with Crippen molar-refractivity contribution in [2.45, 2.75) is 13.8 Å². The summed E-state index contributed by atoms with van der Waals surface area (Å²) in [5.41, 5.74) is 10.6. The van der Waals surface area contributed by atoms with E-state index in [1.54, 1.807) is 18.6 Å². The van der Waals surface area contributed by atoms with Crippen LogP contribution in [0, 0.1) is 12.3 Å². The van der Waals surface area contributed by atoms with Crippen LogP contribution in [0.3, 0.4) is 0 Å². The van der Waals surface area contributed by atoms with Gasteiger partial charge in [-0.1, -0.05) is 6.07 Å². The summed E-state index contributed by atoms with van der Waals surface area (Å²) < 4.78 is 0. The maximum Gasteiger partial charge on any atom is 0.129 e. The topological polar surface area (TPSA) is 101 Å². The fourth-order valence-electron chi connectivity index (χ4n) is 2.51. The number of hydrogen-bond donors (Lipinski definition) is 3. The van der Waals surface area contributed by atoms with Crippen molar-refractivity contribution in [2.24, 2.45) is 0 Å². The van der Waals surface area contributed by atoms with Crippen LogP contribution in [0.15, 0.2) is 48.9 Å². The molecule has 3 aromatic rings. The minimum absolute atomic E-state index is 0.268. The Hall–Kier alpha value is -3.28. The van der Waals surface area contributed by atoms with Crippen molar-refractivity contribution < 1.29 is 0 Å². The number of hydrogen-bond acceptors (Lipinski definition) is 6. The number of nitrogens with two attached hydrogens (primary N) is 1. The number of nitrogens with one attached hydrogen (secondary N) is 2. The van der Waals surface area contributed by atoms with Crippen LogP contribution in [0.2, 0.25) is 0 Å². The lowest BCUT2D eigenvalue weighted by Gasteiger charge is -2.12. The number of aryl methyl sites for hydroxylation is 1. The van der Waals surface area contributed by atoms with Crippen molar-refractivity contribution in [3.63, 3.8) is 0 Å². The maximum atomic E-state index is 8.56. The Bertz CT molecular complexity index is 905. The Morgan fingerprint density at radius 1 is 1.24 bits per heavy atom. The number of pyridine rings is 3. The van der Waals surface area contributed by atoms with E-state index in [2.05, 4.69) is 20.3 Å². The molecule has 0 aliphatic rings. The molecule has 0 aliphatic carbocycles. The molecule has 126 valence electrons. The molecule has 6 nitrogen and oxygen atoms in total. The summed E-state index contributed by atoms with van der Waals surface area (Å²) in [6.45, 7) is 4.77. The van der Waals surface area contributed by atoms with Gasteiger partial charge in [0.25, 0.3) is 0 Å². The van der Waals surface area contributed by atoms with Gasteiger partial charge in [0.15, 0.2) is 0 Å². The van der Waals surface area contributed by atoms with E-state index in [1.165, 1.54) is 0 Å². The Kier molecular flexibility index (Phi) is 4.70. The molecule has 4 N–H and O–H groups in total. The molecular formula is C19H20N6. The SMILES string of the molecule is CCNc1nc(C(=N)c2cc(-c3cccnc3)ncc2N)ccc1C. The highest BCUT2D eigenvalue weighted by atomic mass is 15.0. The third kappa shape index (κ3) is 3.47. The third-order valence-electron chi connectivity index (χ3n) is 3.86. The molecule has 0 bridgehead atoms. The van der Waals surface area contributed by atoms with Gasteiger partial charge in [-0.2, -0.15) is 0 Å². The van der Waals surface area contributed by atoms with Gasteiger partial charge in [-0.05, 0) is 43.7 Å². The minimum atomic E-state index is 0.268. The molecule has 0 aliphatic heterocycles. The average molecular weight is 332 g/mol. The van der Waals surface area contributed by atoms with Crippen molar-refractivity contribution in [3.05, 3.63) is 65.7 Å². The van der Waals surface area contributed by atoms with E-state index in [4.69, 9.17) is 11.1 Å². The zero-order valence-electron chi connectivity index (χ0n) is 14.2. The van der Waals surface area contributed by atoms with Crippen LogP contribution in [0.25, 0.3) is 11.3 Å². The normalized spacial score (nSPS) is 10.5. The second kappa shape index (κ2) is 7.09. The van der Waals surface area contributed by atoms with Crippen molar-refractivity contribution in [1.29, 1.82) is 5.41 Å². The Balaban J connectivity index is 2.01. The van der Waals surface area contributed by atoms with Crippen LogP contribution >= 0.6 is 0 Å². The first-order valence-electron chi connectivity index (χ1n) is 8.07. The number of aromatic nitrogens is 3. The van der Waals surface area contributed by atoms with Gasteiger partial charge in [-0.25, -0.2) is 4.98 Å². The molecule has 0 saturated heterocycles. The van der Waals surface area contributed by atoms with Crippen LogP contribution in [0.1, 0.15) is 23.7 Å². The first kappa shape index (κ1) is 16.6. The largest absolute Gasteiger partial charge is 0.397 e. The molecule has 6 heteroatoms. The zero-order chi connectivity index (χ0) is 17.8. The van der Waals surface area contributed by atoms with Gasteiger partial charge in [0, 0.05) is 30.1 Å². The molecule has 3 rings (SSSR count). The lowest BCUT2D eigenvalue weighted by atomic mass is 10.0. The van der Waals surface area contributed by atoms with Crippen LogP contribution in [0.4, 0.5) is 11.5 Å². The summed E-state index contributed by atoms with van der Waals surface area (Å²) in [5, 5.41) is 11.8. The van der Waals surface area contributed by atoms with Gasteiger partial charge >= 0.3 is 0 Å². The molecule has 0 aromatic carbocycles. The van der Waals surface area contributed by atoms with Crippen LogP contribution in [-0.4, -0.2) is 27.2 Å². The lowest BCUT2D eigenvalue weighted by molar-refractivity contribution is 1.13. The van der Waals surface area contributed by atoms with Crippen LogP contribution in [-0.2, 0) is 0 Å². The Morgan fingerprint density at radius 2 is 2.08 bits per heavy atom. The minimum Gasteiger partial charge on any atom is -0.397 e. The molecule has 0 amide bonds. The Labute approximate surface area is 146 Å². The van der Waals surface area contributed by atoms with E-state index in [0.717, 1.165) is 29.2 Å². The molecule has 0 fully saturated rings. The first-order valence-corrected chi connectivity index (χ1v) is 8.07. The summed E-state index contributed by atoms with van der Waals surface area (Å²) in [6.07, 6.45) is 5.02. The highest BCUT2D eigenvalue weighted by molar-refractivity contribution is 6.13. The van der Waals surface area contributed by atoms with Crippen LogP contribution < -0.4 is 11.1 Å². The quantitative estimate of drug-likeness (QED) is 0.623. The van der Waals surface area contributed by atoms with Gasteiger partial charge < -0.3 is 11.1 Å². The van der Waals surface area contributed by atoms with Crippen molar-refractivity contribution in [2.75, 3.05) is 17.6 Å². The summed E-state index contributed by atoms with van der Waals surface area (Å²) in [5.74, 6) is 0.782. The number of nitrogens with zero attached hydrogens (tertiary/aromatic N) is 3. The molecule has 0 radical (unpaired) electrons. The summed E-state index contributed by atoms with van der Waals surface area (Å²) in [7, 11) is 0. The van der Waals surface area contributed by atoms with Crippen molar-refractivity contribution in [1.82, 2.24) is 15.0 Å². The van der Waals surface area contributed by atoms with Gasteiger partial charge in [0.2, 0.25) is 0 Å². The van der Waals surface area contributed by atoms with Crippen molar-refractivity contribution >= 4 is 17.2 Å². The summed E-state index contributed by atoms with van der Waals surface area (Å²) in [6, 6.07) is 9.37. The average Bonchev–Trinajstić information content (AvgIpc) is 2.64. The predicted octanol–water partition coefficient (Wildman–Crippen LogP) is 3.28. The molecule has 25 heavy (non-hydrogen) atoms. The number of rotatable bonds is 5. The molecule has 0 spiro atoms. The van der Waals surface area contributed by atoms with Gasteiger partial charge in [0.05, 0.1) is 29.0 Å². The molecule has 0 atom stereocenters. The summed E-state index contributed by atoms with van der Waals surface area (Å²) in [4.78, 5) is 13.0. The highest BCUT2D eigenvalue weighted by Gasteiger charge is 2.14. The fraction of sp³-hybridized carbons (Fsp3) is 0.158. The van der Waals surface area contributed by atoms with E-state index in [-0.39, 0.29) is 5.71 Å². The van der Waals surface area contributed by atoms with E-state index in [0.29, 0.717) is 16.9 Å². The second-order valence-corrected chi connectivity index (χ2v) is 5.67. The molecule has 3 aromatic heterocycles. The van der Waals surface area contributed by atoms with E-state index >= 15 is 0 Å². The fourth-order valence-corrected chi connectivity index (χ4v) is 2.51. The van der Waals surface area contributed by atoms with Gasteiger partial charge in [-0.15, -0.1) is 0 Å². The zero-order valence-corrected chi connectivity index (χ0v) is 14.2. The summed E-state index contributed by atoms with van der Waals surface area (Å²) >= 11 is 0. The molecular weight excluding hydrogens is 312 g/mol. The van der Waals surface area contributed by atoms with E-state index < -0.39 is 0 Å².